The summed E-state index contributed by atoms with van der Waals surface area (Å²) in [6.45, 7) is 0. The quantitative estimate of drug-likeness (QED) is 0.202. The molecule has 10 rings (SSSR count). The Balaban J connectivity index is 1.31. The lowest BCUT2D eigenvalue weighted by Gasteiger charge is -2.15. The van der Waals surface area contributed by atoms with Crippen LogP contribution < -0.4 is 0 Å². The summed E-state index contributed by atoms with van der Waals surface area (Å²) in [7, 11) is 0. The minimum atomic E-state index is 0.666. The fraction of sp³-hybridized carbons (Fsp3) is 0. The van der Waals surface area contributed by atoms with Gasteiger partial charge in [-0.2, -0.15) is 0 Å². The summed E-state index contributed by atoms with van der Waals surface area (Å²) in [6.07, 6.45) is 0. The van der Waals surface area contributed by atoms with Crippen LogP contribution in [-0.4, -0.2) is 14.5 Å². The molecule has 7 aromatic carbocycles. The van der Waals surface area contributed by atoms with Crippen LogP contribution in [0.3, 0.4) is 0 Å². The summed E-state index contributed by atoms with van der Waals surface area (Å²) in [5.41, 5.74) is 13.5. The Morgan fingerprint density at radius 1 is 0.340 bits per heavy atom. The Hall–Kier alpha value is -6.32. The van der Waals surface area contributed by atoms with E-state index in [0.29, 0.717) is 5.95 Å². The summed E-state index contributed by atoms with van der Waals surface area (Å²) in [6, 6.07) is 58.4. The molecule has 218 valence electrons. The van der Waals surface area contributed by atoms with Gasteiger partial charge in [-0.05, 0) is 68.4 Å². The average molecular weight is 598 g/mol. The van der Waals surface area contributed by atoms with Crippen LogP contribution in [0.4, 0.5) is 0 Å². The van der Waals surface area contributed by atoms with Crippen LogP contribution in [0.1, 0.15) is 0 Å². The van der Waals surface area contributed by atoms with E-state index in [1.165, 1.54) is 54.9 Å². The average Bonchev–Trinajstić information content (AvgIpc) is 3.44. The van der Waals surface area contributed by atoms with Gasteiger partial charge in [-0.25, -0.2) is 9.97 Å². The first kappa shape index (κ1) is 26.0. The highest BCUT2D eigenvalue weighted by atomic mass is 15.2. The van der Waals surface area contributed by atoms with Gasteiger partial charge >= 0.3 is 0 Å². The number of benzene rings is 7. The smallest absolute Gasteiger partial charge is 0.235 e. The van der Waals surface area contributed by atoms with Crippen molar-refractivity contribution in [1.29, 1.82) is 0 Å². The molecule has 3 heteroatoms. The summed E-state index contributed by atoms with van der Waals surface area (Å²) in [4.78, 5) is 10.5. The van der Waals surface area contributed by atoms with Crippen molar-refractivity contribution in [2.75, 3.05) is 0 Å². The van der Waals surface area contributed by atoms with E-state index in [1.54, 1.807) is 0 Å². The molecule has 1 aliphatic carbocycles. The Kier molecular flexibility index (Phi) is 5.57. The monoisotopic (exact) mass is 597 g/mol. The molecule has 3 nitrogen and oxygen atoms in total. The molecule has 1 aliphatic rings. The fourth-order valence-corrected chi connectivity index (χ4v) is 7.45. The first-order valence-electron chi connectivity index (χ1n) is 16.0. The van der Waals surface area contributed by atoms with Crippen LogP contribution in [0.2, 0.25) is 0 Å². The van der Waals surface area contributed by atoms with Gasteiger partial charge in [0.2, 0.25) is 5.95 Å². The van der Waals surface area contributed by atoms with E-state index in [4.69, 9.17) is 9.97 Å². The normalized spacial score (nSPS) is 11.8. The number of aromatic nitrogens is 3. The third-order valence-electron chi connectivity index (χ3n) is 9.56. The van der Waals surface area contributed by atoms with Gasteiger partial charge in [-0.3, -0.25) is 4.57 Å². The first-order chi connectivity index (χ1) is 23.3. The molecule has 0 bridgehead atoms. The standard InChI is InChI=1S/C44H27N3/c1-4-12-28(13-5-1)32-22-24-33-34-20-11-21-39-42(34)43-40(25-23-31-18-10-19-35(41(31)43)36(33)26-32)47(39)44-45-37(29-14-6-2-7-15-29)27-38(46-44)30-16-8-3-9-17-30/h1-27H. The van der Waals surface area contributed by atoms with Crippen molar-refractivity contribution in [3.8, 4) is 61.8 Å². The maximum absolute atomic E-state index is 5.26. The Labute approximate surface area is 272 Å². The molecule has 0 saturated carbocycles. The SMILES string of the molecule is c1ccc(-c2ccc3c(c2)-c2cccc4ccc5c(c24)c2c-3cccc2n5-c2nc(-c3ccccc3)cc(-c3ccccc3)n2)cc1. The summed E-state index contributed by atoms with van der Waals surface area (Å²) < 4.78 is 2.27. The number of rotatable bonds is 4. The van der Waals surface area contributed by atoms with Crippen LogP contribution in [0.15, 0.2) is 164 Å². The molecule has 0 aliphatic heterocycles. The van der Waals surface area contributed by atoms with Crippen LogP contribution in [-0.2, 0) is 0 Å². The lowest BCUT2D eigenvalue weighted by Crippen LogP contribution is -2.04. The molecule has 0 fully saturated rings. The zero-order chi connectivity index (χ0) is 30.9. The Bertz CT molecular complexity index is 2600. The van der Waals surface area contributed by atoms with E-state index in [2.05, 4.69) is 156 Å². The minimum Gasteiger partial charge on any atom is -0.278 e. The van der Waals surface area contributed by atoms with Crippen molar-refractivity contribution < 1.29 is 0 Å². The predicted molar refractivity (Wildman–Crippen MR) is 195 cm³/mol. The molecule has 0 saturated heterocycles. The van der Waals surface area contributed by atoms with E-state index in [1.807, 2.05) is 12.1 Å². The molecule has 0 spiro atoms. The van der Waals surface area contributed by atoms with Crippen LogP contribution in [0.5, 0.6) is 0 Å². The second-order valence-electron chi connectivity index (χ2n) is 12.2. The number of nitrogens with zero attached hydrogens (tertiary/aromatic N) is 3. The van der Waals surface area contributed by atoms with Gasteiger partial charge in [0.15, 0.2) is 0 Å². The Morgan fingerprint density at radius 2 is 0.936 bits per heavy atom. The molecule has 2 heterocycles. The maximum Gasteiger partial charge on any atom is 0.235 e. The molecule has 0 radical (unpaired) electrons. The largest absolute Gasteiger partial charge is 0.278 e. The minimum absolute atomic E-state index is 0.666. The first-order valence-corrected chi connectivity index (χ1v) is 16.0. The van der Waals surface area contributed by atoms with E-state index < -0.39 is 0 Å². The van der Waals surface area contributed by atoms with Gasteiger partial charge in [-0.15, -0.1) is 0 Å². The zero-order valence-corrected chi connectivity index (χ0v) is 25.4. The second kappa shape index (κ2) is 10.1. The van der Waals surface area contributed by atoms with Crippen molar-refractivity contribution >= 4 is 32.6 Å². The third-order valence-corrected chi connectivity index (χ3v) is 9.56. The highest BCUT2D eigenvalue weighted by molar-refractivity contribution is 6.30. The highest BCUT2D eigenvalue weighted by Crippen LogP contribution is 2.50. The number of fused-ring (bicyclic) bond motifs is 3. The van der Waals surface area contributed by atoms with E-state index in [-0.39, 0.29) is 0 Å². The van der Waals surface area contributed by atoms with Crippen molar-refractivity contribution in [1.82, 2.24) is 14.5 Å². The predicted octanol–water partition coefficient (Wildman–Crippen LogP) is 11.4. The van der Waals surface area contributed by atoms with Gasteiger partial charge in [0, 0.05) is 21.9 Å². The molecular formula is C44H27N3. The molecule has 0 N–H and O–H groups in total. The van der Waals surface area contributed by atoms with Crippen molar-refractivity contribution in [3.63, 3.8) is 0 Å². The molecule has 0 amide bonds. The van der Waals surface area contributed by atoms with Gasteiger partial charge in [0.05, 0.1) is 22.4 Å². The number of hydrogen-bond acceptors (Lipinski definition) is 2. The van der Waals surface area contributed by atoms with Crippen LogP contribution >= 0.6 is 0 Å². The second-order valence-corrected chi connectivity index (χ2v) is 12.2. The van der Waals surface area contributed by atoms with E-state index >= 15 is 0 Å². The topological polar surface area (TPSA) is 30.7 Å². The molecular weight excluding hydrogens is 571 g/mol. The summed E-state index contributed by atoms with van der Waals surface area (Å²) >= 11 is 0. The third kappa shape index (κ3) is 3.93. The molecule has 0 atom stereocenters. The van der Waals surface area contributed by atoms with Gasteiger partial charge in [0.1, 0.15) is 0 Å². The van der Waals surface area contributed by atoms with Crippen LogP contribution in [0, 0.1) is 0 Å². The number of hydrogen-bond donors (Lipinski definition) is 0. The van der Waals surface area contributed by atoms with Crippen molar-refractivity contribution in [3.05, 3.63) is 164 Å². The van der Waals surface area contributed by atoms with Gasteiger partial charge in [0.25, 0.3) is 0 Å². The van der Waals surface area contributed by atoms with Crippen molar-refractivity contribution in [2.24, 2.45) is 0 Å². The lowest BCUT2D eigenvalue weighted by atomic mass is 9.90. The maximum atomic E-state index is 5.26. The highest BCUT2D eigenvalue weighted by Gasteiger charge is 2.26. The van der Waals surface area contributed by atoms with Crippen LogP contribution in [0.25, 0.3) is 94.4 Å². The fourth-order valence-electron chi connectivity index (χ4n) is 7.45. The molecule has 2 aromatic heterocycles. The van der Waals surface area contributed by atoms with Gasteiger partial charge < -0.3 is 0 Å². The summed E-state index contributed by atoms with van der Waals surface area (Å²) in [5.74, 6) is 0.666. The van der Waals surface area contributed by atoms with Gasteiger partial charge in [-0.1, -0.05) is 140 Å². The van der Waals surface area contributed by atoms with E-state index in [0.717, 1.165) is 33.5 Å². The van der Waals surface area contributed by atoms with E-state index in [9.17, 15) is 0 Å². The Morgan fingerprint density at radius 3 is 1.62 bits per heavy atom. The molecule has 0 unspecified atom stereocenters. The molecule has 9 aromatic rings. The van der Waals surface area contributed by atoms with Crippen molar-refractivity contribution in [2.45, 2.75) is 0 Å². The lowest BCUT2D eigenvalue weighted by molar-refractivity contribution is 0.996. The summed E-state index contributed by atoms with van der Waals surface area (Å²) in [5, 5.41) is 4.98. The zero-order valence-electron chi connectivity index (χ0n) is 25.4. The molecule has 47 heavy (non-hydrogen) atoms.